The highest BCUT2D eigenvalue weighted by molar-refractivity contribution is 5.95. The Kier molecular flexibility index (Phi) is 6.30. The maximum absolute atomic E-state index is 14.4. The average Bonchev–Trinajstić information content (AvgIpc) is 2.80. The molecular weight excluding hydrogens is 420 g/mol. The first kappa shape index (κ1) is 22.0. The van der Waals surface area contributed by atoms with Gasteiger partial charge in [-0.05, 0) is 56.0 Å². The number of nitrogens with zero attached hydrogens (tertiary/aromatic N) is 1. The fraction of sp³-hybridized carbons (Fsp3) is 0.417. The second-order valence-electron chi connectivity index (χ2n) is 8.10. The van der Waals surface area contributed by atoms with Crippen molar-refractivity contribution in [3.63, 3.8) is 0 Å². The molecular formula is C24H25F2NO5. The highest BCUT2D eigenvalue weighted by atomic mass is 19.1. The molecule has 0 saturated carbocycles. The van der Waals surface area contributed by atoms with Gasteiger partial charge in [-0.3, -0.25) is 9.59 Å². The van der Waals surface area contributed by atoms with Crippen molar-refractivity contribution >= 4 is 11.9 Å². The van der Waals surface area contributed by atoms with Gasteiger partial charge in [-0.15, -0.1) is 0 Å². The highest BCUT2D eigenvalue weighted by Crippen LogP contribution is 2.37. The number of carbonyl (C=O) groups is 2. The Morgan fingerprint density at radius 3 is 2.62 bits per heavy atom. The molecule has 0 N–H and O–H groups in total. The maximum Gasteiger partial charge on any atom is 0.314 e. The van der Waals surface area contributed by atoms with E-state index < -0.39 is 23.0 Å². The third kappa shape index (κ3) is 4.40. The number of fused-ring (bicyclic) bond motifs is 1. The number of benzene rings is 2. The van der Waals surface area contributed by atoms with Crippen LogP contribution in [0.15, 0.2) is 36.4 Å². The van der Waals surface area contributed by atoms with Crippen molar-refractivity contribution in [2.45, 2.75) is 26.2 Å². The number of carbonyl (C=O) groups excluding carboxylic acids is 2. The van der Waals surface area contributed by atoms with Crippen LogP contribution in [0.25, 0.3) is 0 Å². The molecule has 0 aromatic heterocycles. The topological polar surface area (TPSA) is 65.1 Å². The molecule has 170 valence electrons. The van der Waals surface area contributed by atoms with E-state index >= 15 is 0 Å². The van der Waals surface area contributed by atoms with E-state index in [4.69, 9.17) is 14.2 Å². The molecule has 1 fully saturated rings. The van der Waals surface area contributed by atoms with E-state index in [0.717, 1.165) is 12.1 Å². The van der Waals surface area contributed by atoms with E-state index in [1.165, 1.54) is 6.07 Å². The predicted molar refractivity (Wildman–Crippen MR) is 112 cm³/mol. The van der Waals surface area contributed by atoms with Crippen molar-refractivity contribution in [1.29, 1.82) is 0 Å². The normalized spacial score (nSPS) is 20.0. The fourth-order valence-electron chi connectivity index (χ4n) is 4.36. The van der Waals surface area contributed by atoms with Crippen molar-refractivity contribution in [3.05, 3.63) is 59.2 Å². The van der Waals surface area contributed by atoms with E-state index in [0.29, 0.717) is 49.7 Å². The summed E-state index contributed by atoms with van der Waals surface area (Å²) in [5.74, 6) is -1.05. The van der Waals surface area contributed by atoms with Crippen LogP contribution in [0.3, 0.4) is 0 Å². The highest BCUT2D eigenvalue weighted by Gasteiger charge is 2.45. The van der Waals surface area contributed by atoms with Crippen LogP contribution in [0.5, 0.6) is 11.5 Å². The monoisotopic (exact) mass is 445 g/mol. The van der Waals surface area contributed by atoms with Gasteiger partial charge in [0.1, 0.15) is 24.8 Å². The predicted octanol–water partition coefficient (Wildman–Crippen LogP) is 3.76. The Hall–Kier alpha value is -3.16. The van der Waals surface area contributed by atoms with Crippen molar-refractivity contribution in [2.75, 3.05) is 32.9 Å². The number of halogens is 2. The minimum absolute atomic E-state index is 0.0167. The Morgan fingerprint density at radius 2 is 1.88 bits per heavy atom. The molecule has 2 aromatic rings. The summed E-state index contributed by atoms with van der Waals surface area (Å²) in [6.07, 6.45) is 1.01. The molecule has 0 spiro atoms. The lowest BCUT2D eigenvalue weighted by atomic mass is 9.74. The second kappa shape index (κ2) is 9.14. The standard InChI is InChI=1S/C24H25F2NO5/c1-2-30-23(29)24(14-17-4-6-18(25)13-19(17)26)8-3-9-27(15-24)22(28)16-5-7-20-21(12-16)32-11-10-31-20/h4-7,12-13H,2-3,8-11,14-15H2,1H3. The fourth-order valence-corrected chi connectivity index (χ4v) is 4.36. The lowest BCUT2D eigenvalue weighted by Gasteiger charge is -2.41. The largest absolute Gasteiger partial charge is 0.486 e. The van der Waals surface area contributed by atoms with Gasteiger partial charge in [0.05, 0.1) is 12.0 Å². The minimum Gasteiger partial charge on any atom is -0.486 e. The molecule has 0 radical (unpaired) electrons. The van der Waals surface area contributed by atoms with Gasteiger partial charge in [0, 0.05) is 24.7 Å². The summed E-state index contributed by atoms with van der Waals surface area (Å²) in [5, 5.41) is 0. The van der Waals surface area contributed by atoms with E-state index in [1.54, 1.807) is 30.0 Å². The van der Waals surface area contributed by atoms with Crippen LogP contribution in [0.4, 0.5) is 8.78 Å². The van der Waals surface area contributed by atoms with Crippen molar-refractivity contribution in [2.24, 2.45) is 5.41 Å². The van der Waals surface area contributed by atoms with E-state index in [9.17, 15) is 18.4 Å². The summed E-state index contributed by atoms with van der Waals surface area (Å²) in [5.41, 5.74) is -0.480. The van der Waals surface area contributed by atoms with Crippen molar-refractivity contribution in [1.82, 2.24) is 4.90 Å². The Labute approximate surface area is 185 Å². The summed E-state index contributed by atoms with van der Waals surface area (Å²) < 4.78 is 44.2. The summed E-state index contributed by atoms with van der Waals surface area (Å²) in [6, 6.07) is 8.30. The molecule has 2 aliphatic heterocycles. The van der Waals surface area contributed by atoms with Gasteiger partial charge >= 0.3 is 5.97 Å². The number of ether oxygens (including phenoxy) is 3. The number of amides is 1. The summed E-state index contributed by atoms with van der Waals surface area (Å²) in [6.45, 7) is 3.27. The quantitative estimate of drug-likeness (QED) is 0.656. The van der Waals surface area contributed by atoms with Crippen LogP contribution in [0.2, 0.25) is 0 Å². The van der Waals surface area contributed by atoms with Crippen LogP contribution in [-0.2, 0) is 16.0 Å². The molecule has 2 heterocycles. The zero-order valence-corrected chi connectivity index (χ0v) is 17.9. The zero-order chi connectivity index (χ0) is 22.7. The first-order valence-corrected chi connectivity index (χ1v) is 10.7. The maximum atomic E-state index is 14.4. The Morgan fingerprint density at radius 1 is 1.09 bits per heavy atom. The van der Waals surface area contributed by atoms with E-state index in [2.05, 4.69) is 0 Å². The molecule has 2 aromatic carbocycles. The molecule has 1 unspecified atom stereocenters. The van der Waals surface area contributed by atoms with Gasteiger partial charge in [-0.25, -0.2) is 8.78 Å². The molecule has 4 rings (SSSR count). The molecule has 8 heteroatoms. The van der Waals surface area contributed by atoms with Crippen LogP contribution >= 0.6 is 0 Å². The smallest absolute Gasteiger partial charge is 0.314 e. The van der Waals surface area contributed by atoms with E-state index in [-0.39, 0.29) is 31.0 Å². The number of piperidine rings is 1. The minimum atomic E-state index is -1.11. The average molecular weight is 445 g/mol. The molecule has 1 saturated heterocycles. The first-order chi connectivity index (χ1) is 15.4. The summed E-state index contributed by atoms with van der Waals surface area (Å²) in [4.78, 5) is 27.9. The van der Waals surface area contributed by atoms with Gasteiger partial charge in [-0.1, -0.05) is 6.07 Å². The van der Waals surface area contributed by atoms with Crippen LogP contribution < -0.4 is 9.47 Å². The molecule has 0 aliphatic carbocycles. The third-order valence-corrected chi connectivity index (χ3v) is 5.91. The molecule has 1 atom stereocenters. The van der Waals surface area contributed by atoms with Gasteiger partial charge in [0.25, 0.3) is 5.91 Å². The molecule has 32 heavy (non-hydrogen) atoms. The van der Waals surface area contributed by atoms with E-state index in [1.807, 2.05) is 0 Å². The SMILES string of the molecule is CCOC(=O)C1(Cc2ccc(F)cc2F)CCCN(C(=O)c2ccc3c(c2)OCCO3)C1. The first-order valence-electron chi connectivity index (χ1n) is 10.7. The number of rotatable bonds is 5. The second-order valence-corrected chi connectivity index (χ2v) is 8.10. The molecule has 1 amide bonds. The molecule has 2 aliphatic rings. The number of likely N-dealkylation sites (tertiary alicyclic amines) is 1. The lowest BCUT2D eigenvalue weighted by Crippen LogP contribution is -2.51. The van der Waals surface area contributed by atoms with Crippen molar-refractivity contribution in [3.8, 4) is 11.5 Å². The van der Waals surface area contributed by atoms with Gasteiger partial charge < -0.3 is 19.1 Å². The molecule has 6 nitrogen and oxygen atoms in total. The van der Waals surface area contributed by atoms with Crippen LogP contribution in [0.1, 0.15) is 35.7 Å². The summed E-state index contributed by atoms with van der Waals surface area (Å²) >= 11 is 0. The Bertz CT molecular complexity index is 1030. The van der Waals surface area contributed by atoms with Gasteiger partial charge in [0.2, 0.25) is 0 Å². The number of hydrogen-bond donors (Lipinski definition) is 0. The molecule has 0 bridgehead atoms. The van der Waals surface area contributed by atoms with Crippen LogP contribution in [0, 0.1) is 17.0 Å². The lowest BCUT2D eigenvalue weighted by molar-refractivity contribution is -0.158. The summed E-state index contributed by atoms with van der Waals surface area (Å²) in [7, 11) is 0. The number of esters is 1. The Balaban J connectivity index is 1.61. The zero-order valence-electron chi connectivity index (χ0n) is 17.9. The number of hydrogen-bond acceptors (Lipinski definition) is 5. The van der Waals surface area contributed by atoms with Gasteiger partial charge in [0.15, 0.2) is 11.5 Å². The van der Waals surface area contributed by atoms with Gasteiger partial charge in [-0.2, -0.15) is 0 Å². The van der Waals surface area contributed by atoms with Crippen LogP contribution in [-0.4, -0.2) is 49.7 Å². The third-order valence-electron chi connectivity index (χ3n) is 5.91. The van der Waals surface area contributed by atoms with Crippen molar-refractivity contribution < 1.29 is 32.6 Å².